The first-order valence-corrected chi connectivity index (χ1v) is 21.2. The summed E-state index contributed by atoms with van der Waals surface area (Å²) in [4.78, 5) is 122. The maximum Gasteiger partial charge on any atom is 0.322 e. The highest BCUT2D eigenvalue weighted by molar-refractivity contribution is 7.98. The molecule has 0 bridgehead atoms. The zero-order chi connectivity index (χ0) is 42.1. The highest BCUT2D eigenvalue weighted by Crippen LogP contribution is 2.26. The van der Waals surface area contributed by atoms with Crippen molar-refractivity contribution in [1.82, 2.24) is 46.2 Å². The molecule has 0 aromatic heterocycles. The van der Waals surface area contributed by atoms with Crippen LogP contribution in [0.2, 0.25) is 0 Å². The number of amides is 8. The van der Waals surface area contributed by atoms with Crippen molar-refractivity contribution in [3.05, 3.63) is 0 Å². The molecule has 0 spiro atoms. The van der Waals surface area contributed by atoms with E-state index < -0.39 is 115 Å². The van der Waals surface area contributed by atoms with Crippen LogP contribution in [0.15, 0.2) is 0 Å². The van der Waals surface area contributed by atoms with E-state index >= 15 is 0 Å². The first-order valence-electron chi connectivity index (χ1n) is 19.8. The number of hydrogen-bond donors (Lipinski definition) is 8. The second-order valence-corrected chi connectivity index (χ2v) is 16.3. The van der Waals surface area contributed by atoms with Crippen molar-refractivity contribution in [2.24, 2.45) is 0 Å². The molecule has 0 aliphatic carbocycles. The number of thioether (sulfide) groups is 1. The van der Waals surface area contributed by atoms with Gasteiger partial charge in [-0.15, -0.1) is 0 Å². The Balaban J connectivity index is 1.13. The summed E-state index contributed by atoms with van der Waals surface area (Å²) in [5.74, 6) is -5.28. The molecule has 0 unspecified atom stereocenters. The van der Waals surface area contributed by atoms with Gasteiger partial charge in [-0.2, -0.15) is 11.8 Å². The van der Waals surface area contributed by atoms with Crippen molar-refractivity contribution in [3.8, 4) is 0 Å². The van der Waals surface area contributed by atoms with E-state index in [-0.39, 0.29) is 57.8 Å². The Hall–Kier alpha value is -4.54. The number of carbonyl (C=O) groups excluding carboxylic acids is 8. The highest BCUT2D eigenvalue weighted by atomic mass is 32.2. The standard InChI is InChI=1S/C36H55N9O12S/c1-58-12-8-22(31(52)38-15-29(49)43-11-4-7-25(43)36(57)45-19-21(47)14-27(45)33(54)40-17-30(50)51)41-34(55)24-6-3-10-42(24)28(48)16-39-32(53)26-13-20(46)18-44(26)35(56)23-5-2-9-37-23/h20-27,37,46-47H,2-19H2,1H3,(H,38,52)(H,39,53)(H,40,54)(H,41,55)(H,50,51)/t20-,21-,22+,23+,24+,25+,26+,27+/m1/s1. The first kappa shape index (κ1) is 44.6. The lowest BCUT2D eigenvalue weighted by Gasteiger charge is -2.31. The molecule has 5 rings (SSSR count). The minimum Gasteiger partial charge on any atom is -0.480 e. The normalized spacial score (nSPS) is 27.3. The zero-order valence-corrected chi connectivity index (χ0v) is 33.4. The van der Waals surface area contributed by atoms with Gasteiger partial charge in [-0.3, -0.25) is 43.2 Å². The molecule has 5 aliphatic heterocycles. The summed E-state index contributed by atoms with van der Waals surface area (Å²) in [6.45, 7) is -0.617. The lowest BCUT2D eigenvalue weighted by atomic mass is 10.1. The van der Waals surface area contributed by atoms with E-state index in [0.29, 0.717) is 38.0 Å². The topological polar surface area (TPSA) is 287 Å². The molecule has 5 aliphatic rings. The van der Waals surface area contributed by atoms with Gasteiger partial charge in [-0.1, -0.05) is 0 Å². The molecule has 8 N–H and O–H groups in total. The minimum absolute atomic E-state index is 0.0142. The van der Waals surface area contributed by atoms with Crippen molar-refractivity contribution >= 4 is 65.0 Å². The molecule has 21 nitrogen and oxygen atoms in total. The van der Waals surface area contributed by atoms with Crippen molar-refractivity contribution in [2.45, 2.75) is 106 Å². The predicted octanol–water partition coefficient (Wildman–Crippen LogP) is -4.68. The van der Waals surface area contributed by atoms with Crippen LogP contribution in [0.5, 0.6) is 0 Å². The van der Waals surface area contributed by atoms with Crippen molar-refractivity contribution in [2.75, 3.05) is 64.4 Å². The molecule has 58 heavy (non-hydrogen) atoms. The van der Waals surface area contributed by atoms with Crippen LogP contribution < -0.4 is 26.6 Å². The number of likely N-dealkylation sites (tertiary alicyclic amines) is 4. The average molecular weight is 838 g/mol. The molecular formula is C36H55N9O12S. The molecule has 5 heterocycles. The summed E-state index contributed by atoms with van der Waals surface area (Å²) >= 11 is 1.44. The fourth-order valence-electron chi connectivity index (χ4n) is 8.38. The third-order valence-corrected chi connectivity index (χ3v) is 12.0. The Morgan fingerprint density at radius 1 is 0.672 bits per heavy atom. The summed E-state index contributed by atoms with van der Waals surface area (Å²) in [6, 6.07) is -5.43. The Bertz CT molecular complexity index is 1600. The maximum atomic E-state index is 13.6. The Labute approximate surface area is 339 Å². The number of hydrogen-bond acceptors (Lipinski definition) is 13. The summed E-state index contributed by atoms with van der Waals surface area (Å²) in [5.41, 5.74) is 0. The first-order chi connectivity index (χ1) is 27.7. The molecule has 8 amide bonds. The SMILES string of the molecule is CSCC[C@H](NC(=O)[C@@H]1CCCN1C(=O)CNC(=O)[C@@H]1C[C@@H](O)CN1C(=O)[C@@H]1CCCN1)C(=O)NCC(=O)N1CCC[C@H]1C(=O)N1C[C@H](O)C[C@H]1C(=O)NCC(=O)O. The van der Waals surface area contributed by atoms with E-state index in [1.165, 1.54) is 26.5 Å². The van der Waals surface area contributed by atoms with E-state index in [1.54, 1.807) is 0 Å². The molecule has 8 atom stereocenters. The van der Waals surface area contributed by atoms with E-state index in [9.17, 15) is 53.4 Å². The van der Waals surface area contributed by atoms with Crippen LogP contribution in [0.4, 0.5) is 0 Å². The van der Waals surface area contributed by atoms with Gasteiger partial charge in [0.2, 0.25) is 47.3 Å². The quantitative estimate of drug-likeness (QED) is 0.0726. The third kappa shape index (κ3) is 10.9. The van der Waals surface area contributed by atoms with Gasteiger partial charge in [0.15, 0.2) is 0 Å². The minimum atomic E-state index is -1.27. The zero-order valence-electron chi connectivity index (χ0n) is 32.6. The number of aliphatic hydroxyl groups excluding tert-OH is 2. The number of aliphatic carboxylic acids is 1. The van der Waals surface area contributed by atoms with Gasteiger partial charge in [-0.25, -0.2) is 0 Å². The lowest BCUT2D eigenvalue weighted by Crippen LogP contribution is -2.56. The van der Waals surface area contributed by atoms with Gasteiger partial charge >= 0.3 is 5.97 Å². The summed E-state index contributed by atoms with van der Waals surface area (Å²) < 4.78 is 0. The van der Waals surface area contributed by atoms with Gasteiger partial charge in [0.1, 0.15) is 36.8 Å². The molecule has 0 aromatic carbocycles. The lowest BCUT2D eigenvalue weighted by molar-refractivity contribution is -0.147. The van der Waals surface area contributed by atoms with Crippen LogP contribution in [0, 0.1) is 0 Å². The maximum absolute atomic E-state index is 13.6. The third-order valence-electron chi connectivity index (χ3n) is 11.3. The summed E-state index contributed by atoms with van der Waals surface area (Å²) in [5, 5.41) is 42.6. The Morgan fingerprint density at radius 3 is 1.79 bits per heavy atom. The van der Waals surface area contributed by atoms with Crippen LogP contribution in [0.3, 0.4) is 0 Å². The smallest absolute Gasteiger partial charge is 0.322 e. The van der Waals surface area contributed by atoms with E-state index in [0.717, 1.165) is 11.3 Å². The Morgan fingerprint density at radius 2 is 1.22 bits per heavy atom. The summed E-state index contributed by atoms with van der Waals surface area (Å²) in [7, 11) is 0. The number of β-amino-alcohol motifs (C(OH)–C–C–N with tert-alkyl or cyclic N) is 2. The number of carboxylic acids is 1. The van der Waals surface area contributed by atoms with Crippen LogP contribution in [-0.2, 0) is 43.2 Å². The van der Waals surface area contributed by atoms with E-state index in [1.807, 2.05) is 6.26 Å². The molecule has 322 valence electrons. The number of nitrogens with one attached hydrogen (secondary N) is 5. The molecule has 0 aromatic rings. The van der Waals surface area contributed by atoms with E-state index in [2.05, 4.69) is 26.6 Å². The number of aliphatic hydroxyl groups is 2. The largest absolute Gasteiger partial charge is 0.480 e. The molecule has 5 saturated heterocycles. The van der Waals surface area contributed by atoms with Gasteiger partial charge in [0, 0.05) is 39.0 Å². The Kier molecular flexibility index (Phi) is 15.7. The number of carboxylic acid groups (broad SMARTS) is 1. The van der Waals surface area contributed by atoms with Gasteiger partial charge in [-0.05, 0) is 63.5 Å². The fourth-order valence-corrected chi connectivity index (χ4v) is 8.85. The number of nitrogens with zero attached hydrogens (tertiary/aromatic N) is 4. The number of rotatable bonds is 16. The van der Waals surface area contributed by atoms with Crippen molar-refractivity contribution in [3.63, 3.8) is 0 Å². The van der Waals surface area contributed by atoms with E-state index in [4.69, 9.17) is 5.11 Å². The van der Waals surface area contributed by atoms with Gasteiger partial charge in [0.05, 0.1) is 31.3 Å². The van der Waals surface area contributed by atoms with Crippen molar-refractivity contribution < 1.29 is 58.5 Å². The highest BCUT2D eigenvalue weighted by Gasteiger charge is 2.45. The average Bonchev–Trinajstić information content (AvgIpc) is 4.05. The van der Waals surface area contributed by atoms with Crippen molar-refractivity contribution in [1.29, 1.82) is 0 Å². The van der Waals surface area contributed by atoms with Crippen LogP contribution in [0.25, 0.3) is 0 Å². The summed E-state index contributed by atoms with van der Waals surface area (Å²) in [6.07, 6.45) is 3.10. The van der Waals surface area contributed by atoms with Gasteiger partial charge < -0.3 is 61.5 Å². The van der Waals surface area contributed by atoms with Crippen LogP contribution in [-0.4, -0.2) is 201 Å². The molecule has 0 saturated carbocycles. The predicted molar refractivity (Wildman–Crippen MR) is 204 cm³/mol. The molecule has 0 radical (unpaired) electrons. The molecule has 22 heteroatoms. The molecule has 5 fully saturated rings. The van der Waals surface area contributed by atoms with Crippen LogP contribution in [0.1, 0.15) is 57.8 Å². The second-order valence-electron chi connectivity index (χ2n) is 15.3. The monoisotopic (exact) mass is 837 g/mol. The van der Waals surface area contributed by atoms with Crippen LogP contribution >= 0.6 is 11.8 Å². The molecular weight excluding hydrogens is 783 g/mol. The second kappa shape index (κ2) is 20.4. The number of carbonyl (C=O) groups is 9. The van der Waals surface area contributed by atoms with Gasteiger partial charge in [0.25, 0.3) is 0 Å². The fraction of sp³-hybridized carbons (Fsp3) is 0.750.